The summed E-state index contributed by atoms with van der Waals surface area (Å²) in [7, 11) is 1.71. The second-order valence-corrected chi connectivity index (χ2v) is 13.3. The van der Waals surface area contributed by atoms with Crippen molar-refractivity contribution in [1.82, 2.24) is 24.9 Å². The van der Waals surface area contributed by atoms with Gasteiger partial charge in [-0.3, -0.25) is 24.5 Å². The molecule has 2 unspecified atom stereocenters. The molecule has 3 N–H and O–H groups in total. The highest BCUT2D eigenvalue weighted by Gasteiger charge is 2.30. The minimum atomic E-state index is -0.570. The molecule has 1 amide bonds. The molecule has 5 rings (SSSR count). The molecule has 0 radical (unpaired) electrons. The van der Waals surface area contributed by atoms with Crippen molar-refractivity contribution in [2.24, 2.45) is 11.1 Å². The summed E-state index contributed by atoms with van der Waals surface area (Å²) >= 11 is 0. The molecule has 1 aromatic carbocycles. The van der Waals surface area contributed by atoms with Crippen molar-refractivity contribution in [3.63, 3.8) is 0 Å². The van der Waals surface area contributed by atoms with E-state index in [1.54, 1.807) is 12.1 Å². The molecular weight excluding hydrogens is 604 g/mol. The number of rotatable bonds is 13. The summed E-state index contributed by atoms with van der Waals surface area (Å²) in [5.41, 5.74) is 17.1. The lowest BCUT2D eigenvalue weighted by Crippen LogP contribution is -2.56. The number of aromatic nitrogens is 2. The summed E-state index contributed by atoms with van der Waals surface area (Å²) in [6.07, 6.45) is 7.63. The Morgan fingerprint density at radius 1 is 1.19 bits per heavy atom. The van der Waals surface area contributed by atoms with Gasteiger partial charge in [-0.15, -0.1) is 0 Å². The van der Waals surface area contributed by atoms with Crippen molar-refractivity contribution in [3.8, 4) is 11.3 Å². The zero-order valence-corrected chi connectivity index (χ0v) is 30.1. The van der Waals surface area contributed by atoms with Gasteiger partial charge in [0.2, 0.25) is 0 Å². The van der Waals surface area contributed by atoms with Crippen LogP contribution in [0.1, 0.15) is 83.7 Å². The predicted molar refractivity (Wildman–Crippen MR) is 193 cm³/mol. The predicted octanol–water partition coefficient (Wildman–Crippen LogP) is 5.74. The highest BCUT2D eigenvalue weighted by atomic mass is 16.5. The van der Waals surface area contributed by atoms with Gasteiger partial charge in [0.15, 0.2) is 0 Å². The van der Waals surface area contributed by atoms with Crippen LogP contribution >= 0.6 is 0 Å². The van der Waals surface area contributed by atoms with Gasteiger partial charge in [0.05, 0.1) is 30.1 Å². The number of nitrogens with zero attached hydrogens (tertiary/aromatic N) is 4. The van der Waals surface area contributed by atoms with Crippen LogP contribution in [0.2, 0.25) is 0 Å². The Balaban J connectivity index is 0.00000255. The number of fused-ring (bicyclic) bond motifs is 1. The van der Waals surface area contributed by atoms with Gasteiger partial charge in [-0.1, -0.05) is 39.8 Å². The number of amides is 1. The van der Waals surface area contributed by atoms with E-state index in [9.17, 15) is 9.59 Å². The average molecular weight is 661 g/mol. The van der Waals surface area contributed by atoms with E-state index in [4.69, 9.17) is 20.2 Å². The second-order valence-electron chi connectivity index (χ2n) is 13.3. The fourth-order valence-electron chi connectivity index (χ4n) is 6.89. The molecule has 48 heavy (non-hydrogen) atoms. The van der Waals surface area contributed by atoms with Crippen molar-refractivity contribution in [1.29, 1.82) is 0 Å². The number of pyridine rings is 1. The number of carbonyl (C=O) groups is 2. The fraction of sp³-hybridized carbons (Fsp3) is 0.553. The van der Waals surface area contributed by atoms with Crippen LogP contribution in [-0.4, -0.2) is 84.3 Å². The molecule has 262 valence electrons. The first-order chi connectivity index (χ1) is 23.2. The van der Waals surface area contributed by atoms with Crippen molar-refractivity contribution >= 4 is 28.9 Å². The third-order valence-electron chi connectivity index (χ3n) is 9.26. The molecule has 0 aliphatic carbocycles. The van der Waals surface area contributed by atoms with Gasteiger partial charge < -0.3 is 19.8 Å². The summed E-state index contributed by atoms with van der Waals surface area (Å²) in [5.74, 6) is -0.0333. The number of carbonyl (C=O) groups excluding carboxylic acids is 2. The Morgan fingerprint density at radius 3 is 2.67 bits per heavy atom. The number of hydrogen-bond acceptors (Lipinski definition) is 8. The first kappa shape index (κ1) is 37.3. The molecule has 1 fully saturated rings. The van der Waals surface area contributed by atoms with Crippen LogP contribution in [0.15, 0.2) is 42.6 Å². The van der Waals surface area contributed by atoms with Gasteiger partial charge in [-0.05, 0) is 80.5 Å². The molecule has 2 atom stereocenters. The Labute approximate surface area is 286 Å². The van der Waals surface area contributed by atoms with Crippen LogP contribution in [0.3, 0.4) is 0 Å². The quantitative estimate of drug-likeness (QED) is 0.223. The summed E-state index contributed by atoms with van der Waals surface area (Å²) in [6.45, 7) is 17.7. The molecule has 4 heterocycles. The molecule has 2 aliphatic heterocycles. The molecule has 0 saturated carbocycles. The maximum absolute atomic E-state index is 13.0. The minimum absolute atomic E-state index is 0.0333. The molecule has 10 heteroatoms. The summed E-state index contributed by atoms with van der Waals surface area (Å²) in [4.78, 5) is 31.2. The fourth-order valence-corrected chi connectivity index (χ4v) is 6.89. The topological polar surface area (TPSA) is 115 Å². The number of hydrogen-bond donors (Lipinski definition) is 2. The highest BCUT2D eigenvalue weighted by Crippen LogP contribution is 2.41. The number of aryl methyl sites for hydroxylation is 1. The number of ether oxygens (including phenoxy) is 2. The van der Waals surface area contributed by atoms with Crippen LogP contribution in [-0.2, 0) is 32.0 Å². The van der Waals surface area contributed by atoms with Crippen molar-refractivity contribution in [2.45, 2.75) is 85.9 Å². The largest absolute Gasteiger partial charge is 0.467 e. The second kappa shape index (κ2) is 17.2. The van der Waals surface area contributed by atoms with E-state index in [1.165, 1.54) is 16.5 Å². The molecule has 1 saturated heterocycles. The molecule has 10 nitrogen and oxygen atoms in total. The third kappa shape index (κ3) is 8.52. The number of nitrogens with one attached hydrogen (secondary N) is 1. The molecule has 0 bridgehead atoms. The number of benzene rings is 1. The van der Waals surface area contributed by atoms with Crippen LogP contribution in [0.4, 0.5) is 0 Å². The number of methoxy groups -OCH3 is 1. The maximum atomic E-state index is 13.0. The molecule has 2 aliphatic rings. The molecular formula is C38H56N6O4. The Hall–Kier alpha value is -3.57. The van der Waals surface area contributed by atoms with E-state index in [-0.39, 0.29) is 17.4 Å². The first-order valence-electron chi connectivity index (χ1n) is 17.6. The zero-order chi connectivity index (χ0) is 34.8. The monoisotopic (exact) mass is 660 g/mol. The average Bonchev–Trinajstić information content (AvgIpc) is 3.42. The van der Waals surface area contributed by atoms with Crippen molar-refractivity contribution < 1.29 is 19.1 Å². The molecule has 3 aromatic rings. The van der Waals surface area contributed by atoms with Crippen LogP contribution in [0.5, 0.6) is 0 Å². The van der Waals surface area contributed by atoms with E-state index in [1.807, 2.05) is 33.0 Å². The van der Waals surface area contributed by atoms with E-state index in [0.717, 1.165) is 73.5 Å². The Kier molecular flexibility index (Phi) is 13.3. The summed E-state index contributed by atoms with van der Waals surface area (Å²) in [6, 6.07) is 10.3. The smallest absolute Gasteiger partial charge is 0.293 e. The van der Waals surface area contributed by atoms with Crippen molar-refractivity contribution in [3.05, 3.63) is 59.4 Å². The molecule has 2 aromatic heterocycles. The lowest BCUT2D eigenvalue weighted by Gasteiger charge is -2.33. The number of hydrazine groups is 1. The normalized spacial score (nSPS) is 16.9. The molecule has 0 spiro atoms. The van der Waals surface area contributed by atoms with E-state index in [2.05, 4.69) is 66.0 Å². The number of nitrogens with two attached hydrogens (primary N) is 1. The zero-order valence-electron chi connectivity index (χ0n) is 30.1. The van der Waals surface area contributed by atoms with Gasteiger partial charge in [-0.25, -0.2) is 5.43 Å². The maximum Gasteiger partial charge on any atom is 0.293 e. The van der Waals surface area contributed by atoms with Crippen LogP contribution in [0, 0.1) is 5.41 Å². The van der Waals surface area contributed by atoms with E-state index < -0.39 is 6.04 Å². The van der Waals surface area contributed by atoms with Gasteiger partial charge in [0.25, 0.3) is 12.4 Å². The first-order valence-corrected chi connectivity index (χ1v) is 17.6. The Bertz CT molecular complexity index is 1560. The van der Waals surface area contributed by atoms with Gasteiger partial charge >= 0.3 is 0 Å². The Morgan fingerprint density at radius 2 is 1.98 bits per heavy atom. The van der Waals surface area contributed by atoms with Gasteiger partial charge in [0, 0.05) is 74.5 Å². The van der Waals surface area contributed by atoms with Crippen molar-refractivity contribution in [2.75, 3.05) is 46.4 Å². The van der Waals surface area contributed by atoms with Gasteiger partial charge in [0.1, 0.15) is 0 Å². The van der Waals surface area contributed by atoms with Crippen LogP contribution < -0.4 is 11.2 Å². The standard InChI is InChI=1S/C36H50N6O4.C2H6/c1-6-41-32-14-13-26(27-11-10-17-40(21-27)22-31(37)35(44)42-18-8-7-16-39-42)19-29(32)30(20-36(3,4)23-46-24-43)34(41)28-12-9-15-38-33(28)25(2)45-5;1-2/h9,11-15,19,24-25,31,39H,6-8,10,16-18,20-23,37H2,1-5H3;1-2H3. The lowest BCUT2D eigenvalue weighted by molar-refractivity contribution is -0.137. The summed E-state index contributed by atoms with van der Waals surface area (Å²) < 4.78 is 13.4. The van der Waals surface area contributed by atoms with Gasteiger partial charge in [-0.2, -0.15) is 0 Å². The van der Waals surface area contributed by atoms with E-state index in [0.29, 0.717) is 32.6 Å². The highest BCUT2D eigenvalue weighted by molar-refractivity contribution is 5.94. The third-order valence-corrected chi connectivity index (χ3v) is 9.26. The van der Waals surface area contributed by atoms with E-state index >= 15 is 0 Å². The summed E-state index contributed by atoms with van der Waals surface area (Å²) in [5, 5.41) is 2.87. The lowest BCUT2D eigenvalue weighted by atomic mass is 9.84. The minimum Gasteiger partial charge on any atom is -0.467 e. The van der Waals surface area contributed by atoms with Crippen LogP contribution in [0.25, 0.3) is 27.7 Å². The SMILES string of the molecule is CC.CCn1c(-c2cccnc2C(C)OC)c(CC(C)(C)COC=O)c2cc(C3=CCCN(CC(N)C(=O)N4CCCCN4)C3)ccc21.